The zero-order valence-corrected chi connectivity index (χ0v) is 14.4. The number of urea groups is 1. The van der Waals surface area contributed by atoms with Gasteiger partial charge in [0.25, 0.3) is 0 Å². The maximum Gasteiger partial charge on any atom is 0.321 e. The van der Waals surface area contributed by atoms with Crippen LogP contribution in [0.3, 0.4) is 0 Å². The van der Waals surface area contributed by atoms with Gasteiger partial charge in [-0.3, -0.25) is 15.0 Å². The largest absolute Gasteiger partial charge is 0.467 e. The predicted molar refractivity (Wildman–Crippen MR) is 91.6 cm³/mol. The molecule has 0 spiro atoms. The molecular weight excluding hydrogens is 322 g/mol. The smallest absolute Gasteiger partial charge is 0.321 e. The Bertz CT molecular complexity index is 569. The fourth-order valence-corrected chi connectivity index (χ4v) is 4.08. The van der Waals surface area contributed by atoms with Crippen molar-refractivity contribution in [3.8, 4) is 0 Å². The van der Waals surface area contributed by atoms with Crippen molar-refractivity contribution in [3.63, 3.8) is 0 Å². The summed E-state index contributed by atoms with van der Waals surface area (Å²) in [6.45, 7) is 0.883. The average molecular weight is 349 g/mol. The fraction of sp³-hybridized carbons (Fsp3) is 0.667. The summed E-state index contributed by atoms with van der Waals surface area (Å²) >= 11 is 0. The number of nitrogens with zero attached hydrogens (tertiary/aromatic N) is 1. The van der Waals surface area contributed by atoms with E-state index in [0.29, 0.717) is 18.2 Å². The molecule has 1 aromatic rings. The second kappa shape index (κ2) is 8.49. The number of β-amino-alcohol motifs (C(OH)–C–C–N with tert-alkyl or cyclic N) is 1. The molecule has 2 heterocycles. The van der Waals surface area contributed by atoms with Gasteiger partial charge in [0.05, 0.1) is 25.5 Å². The van der Waals surface area contributed by atoms with Crippen LogP contribution in [0.4, 0.5) is 4.79 Å². The van der Waals surface area contributed by atoms with Gasteiger partial charge < -0.3 is 14.8 Å². The molecule has 1 saturated carbocycles. The van der Waals surface area contributed by atoms with Crippen LogP contribution in [-0.4, -0.2) is 47.2 Å². The zero-order valence-electron chi connectivity index (χ0n) is 14.4. The van der Waals surface area contributed by atoms with E-state index in [0.717, 1.165) is 6.42 Å². The predicted octanol–water partition coefficient (Wildman–Crippen LogP) is 1.62. The van der Waals surface area contributed by atoms with Gasteiger partial charge in [-0.2, -0.15) is 0 Å². The number of hydrogen-bond acceptors (Lipinski definition) is 5. The molecule has 7 heteroatoms. The SMILES string of the molecule is O=C(CN1C[C@@H](O)C[C@@H]1C1CCCCC1)NC(=O)NCc1ccco1. The molecule has 0 unspecified atom stereocenters. The molecule has 1 aliphatic carbocycles. The molecular formula is C18H27N3O4. The van der Waals surface area contributed by atoms with Gasteiger partial charge in [-0.25, -0.2) is 4.79 Å². The Morgan fingerprint density at radius 2 is 2.08 bits per heavy atom. The Morgan fingerprint density at radius 1 is 1.28 bits per heavy atom. The van der Waals surface area contributed by atoms with E-state index in [1.165, 1.54) is 38.4 Å². The molecule has 3 N–H and O–H groups in total. The molecule has 0 bridgehead atoms. The van der Waals surface area contributed by atoms with Crippen LogP contribution in [0.5, 0.6) is 0 Å². The fourth-order valence-electron chi connectivity index (χ4n) is 4.08. The van der Waals surface area contributed by atoms with Gasteiger partial charge in [0, 0.05) is 12.6 Å². The zero-order chi connectivity index (χ0) is 17.6. The van der Waals surface area contributed by atoms with Gasteiger partial charge in [0.1, 0.15) is 5.76 Å². The maximum atomic E-state index is 12.2. The number of hydrogen-bond donors (Lipinski definition) is 3. The number of furan rings is 1. The van der Waals surface area contributed by atoms with Crippen molar-refractivity contribution < 1.29 is 19.1 Å². The van der Waals surface area contributed by atoms with Crippen LogP contribution in [0.25, 0.3) is 0 Å². The second-order valence-corrected chi connectivity index (χ2v) is 7.09. The van der Waals surface area contributed by atoms with Crippen molar-refractivity contribution >= 4 is 11.9 Å². The molecule has 2 aliphatic rings. The quantitative estimate of drug-likeness (QED) is 0.751. The minimum atomic E-state index is -0.532. The normalized spacial score (nSPS) is 25.0. The number of rotatable bonds is 5. The van der Waals surface area contributed by atoms with Crippen molar-refractivity contribution in [2.75, 3.05) is 13.1 Å². The molecule has 1 aliphatic heterocycles. The van der Waals surface area contributed by atoms with Gasteiger partial charge in [-0.1, -0.05) is 19.3 Å². The van der Waals surface area contributed by atoms with Crippen LogP contribution in [-0.2, 0) is 11.3 Å². The highest BCUT2D eigenvalue weighted by atomic mass is 16.3. The van der Waals surface area contributed by atoms with E-state index in [1.807, 2.05) is 4.90 Å². The molecule has 0 aromatic carbocycles. The molecule has 0 radical (unpaired) electrons. The minimum absolute atomic E-state index is 0.145. The topological polar surface area (TPSA) is 94.8 Å². The van der Waals surface area contributed by atoms with Crippen molar-refractivity contribution in [2.24, 2.45) is 5.92 Å². The molecule has 25 heavy (non-hydrogen) atoms. The summed E-state index contributed by atoms with van der Waals surface area (Å²) in [5, 5.41) is 15.0. The summed E-state index contributed by atoms with van der Waals surface area (Å²) in [7, 11) is 0. The van der Waals surface area contributed by atoms with Gasteiger partial charge >= 0.3 is 6.03 Å². The third kappa shape index (κ3) is 5.06. The van der Waals surface area contributed by atoms with Crippen LogP contribution in [0.15, 0.2) is 22.8 Å². The number of amides is 3. The second-order valence-electron chi connectivity index (χ2n) is 7.09. The molecule has 7 nitrogen and oxygen atoms in total. The number of nitrogens with one attached hydrogen (secondary N) is 2. The number of imide groups is 1. The number of aliphatic hydroxyl groups is 1. The van der Waals surface area contributed by atoms with Crippen molar-refractivity contribution in [3.05, 3.63) is 24.2 Å². The first-order valence-corrected chi connectivity index (χ1v) is 9.14. The Morgan fingerprint density at radius 3 is 2.80 bits per heavy atom. The van der Waals surface area contributed by atoms with E-state index in [-0.39, 0.29) is 31.1 Å². The van der Waals surface area contributed by atoms with E-state index in [2.05, 4.69) is 10.6 Å². The van der Waals surface area contributed by atoms with Crippen molar-refractivity contribution in [2.45, 2.75) is 57.2 Å². The van der Waals surface area contributed by atoms with Gasteiger partial charge in [0.2, 0.25) is 5.91 Å². The highest BCUT2D eigenvalue weighted by molar-refractivity contribution is 5.95. The van der Waals surface area contributed by atoms with E-state index >= 15 is 0 Å². The van der Waals surface area contributed by atoms with Crippen LogP contribution in [0, 0.1) is 5.92 Å². The third-order valence-electron chi connectivity index (χ3n) is 5.22. The Labute approximate surface area is 147 Å². The first-order chi connectivity index (χ1) is 12.1. The van der Waals surface area contributed by atoms with E-state index in [9.17, 15) is 14.7 Å². The van der Waals surface area contributed by atoms with Crippen molar-refractivity contribution in [1.29, 1.82) is 0 Å². The first-order valence-electron chi connectivity index (χ1n) is 9.14. The molecule has 2 atom stereocenters. The molecule has 1 aromatic heterocycles. The summed E-state index contributed by atoms with van der Waals surface area (Å²) in [5.74, 6) is 0.834. The molecule has 3 amide bonds. The summed E-state index contributed by atoms with van der Waals surface area (Å²) < 4.78 is 5.13. The summed E-state index contributed by atoms with van der Waals surface area (Å²) in [6, 6.07) is 3.20. The Balaban J connectivity index is 1.46. The van der Waals surface area contributed by atoms with Crippen LogP contribution < -0.4 is 10.6 Å². The number of carbonyl (C=O) groups is 2. The summed E-state index contributed by atoms with van der Waals surface area (Å²) in [4.78, 5) is 26.0. The average Bonchev–Trinajstić information content (AvgIpc) is 3.23. The lowest BCUT2D eigenvalue weighted by molar-refractivity contribution is -0.121. The first kappa shape index (κ1) is 17.9. The lowest BCUT2D eigenvalue weighted by Gasteiger charge is -2.33. The Kier molecular flexibility index (Phi) is 6.09. The number of carbonyl (C=O) groups excluding carboxylic acids is 2. The number of likely N-dealkylation sites (tertiary alicyclic amines) is 1. The van der Waals surface area contributed by atoms with Gasteiger partial charge in [-0.05, 0) is 37.3 Å². The maximum absolute atomic E-state index is 12.2. The number of aliphatic hydroxyl groups excluding tert-OH is 1. The van der Waals surface area contributed by atoms with Gasteiger partial charge in [-0.15, -0.1) is 0 Å². The Hall–Kier alpha value is -1.86. The van der Waals surface area contributed by atoms with Crippen LogP contribution in [0.1, 0.15) is 44.3 Å². The molecule has 2 fully saturated rings. The van der Waals surface area contributed by atoms with E-state index in [4.69, 9.17) is 4.42 Å². The van der Waals surface area contributed by atoms with Crippen LogP contribution >= 0.6 is 0 Å². The summed E-state index contributed by atoms with van der Waals surface area (Å²) in [5.41, 5.74) is 0. The van der Waals surface area contributed by atoms with Gasteiger partial charge in [0.15, 0.2) is 0 Å². The lowest BCUT2D eigenvalue weighted by atomic mass is 9.83. The third-order valence-corrected chi connectivity index (χ3v) is 5.22. The monoisotopic (exact) mass is 349 g/mol. The van der Waals surface area contributed by atoms with E-state index in [1.54, 1.807) is 12.1 Å². The molecule has 3 rings (SSSR count). The lowest BCUT2D eigenvalue weighted by Crippen LogP contribution is -2.47. The molecule has 1 saturated heterocycles. The minimum Gasteiger partial charge on any atom is -0.467 e. The van der Waals surface area contributed by atoms with Crippen molar-refractivity contribution in [1.82, 2.24) is 15.5 Å². The summed E-state index contributed by atoms with van der Waals surface area (Å²) in [6.07, 6.45) is 7.94. The molecule has 138 valence electrons. The van der Waals surface area contributed by atoms with E-state index < -0.39 is 6.03 Å². The highest BCUT2D eigenvalue weighted by Gasteiger charge is 2.37. The standard InChI is InChI=1S/C18H27N3O4/c22-14-9-16(13-5-2-1-3-6-13)21(11-14)12-17(23)20-18(24)19-10-15-7-4-8-25-15/h4,7-8,13-14,16,22H,1-3,5-6,9-12H2,(H2,19,20,23,24)/t14-,16+/m0/s1. The van der Waals surface area contributed by atoms with Crippen LogP contribution in [0.2, 0.25) is 0 Å². The highest BCUT2D eigenvalue weighted by Crippen LogP contribution is 2.34.